The molecule has 2 aromatic heterocycles. The standard InChI is InChI=1S/C15H17N5OS/c1-3-10-5-7-11(8-6-10)14-16-15(20-19-14)22-9-13-18-17-12(4-2)21-13/h5-8H,3-4,9H2,1-2H3,(H,16,19,20). The number of aryl methyl sites for hydroxylation is 2. The molecule has 0 spiro atoms. The first kappa shape index (κ1) is 14.8. The molecule has 0 radical (unpaired) electrons. The van der Waals surface area contributed by atoms with E-state index in [1.165, 1.54) is 17.3 Å². The van der Waals surface area contributed by atoms with E-state index >= 15 is 0 Å². The highest BCUT2D eigenvalue weighted by atomic mass is 32.2. The molecule has 0 saturated heterocycles. The molecule has 114 valence electrons. The Morgan fingerprint density at radius 1 is 1.05 bits per heavy atom. The van der Waals surface area contributed by atoms with Crippen LogP contribution in [-0.4, -0.2) is 25.4 Å². The highest BCUT2D eigenvalue weighted by Crippen LogP contribution is 2.22. The van der Waals surface area contributed by atoms with Gasteiger partial charge in [-0.3, -0.25) is 5.10 Å². The van der Waals surface area contributed by atoms with Crippen molar-refractivity contribution in [1.82, 2.24) is 25.4 Å². The van der Waals surface area contributed by atoms with Crippen molar-refractivity contribution >= 4 is 11.8 Å². The summed E-state index contributed by atoms with van der Waals surface area (Å²) in [5, 5.41) is 15.8. The number of rotatable bonds is 6. The molecule has 0 amide bonds. The zero-order chi connectivity index (χ0) is 15.4. The maximum Gasteiger partial charge on any atom is 0.226 e. The number of nitrogens with zero attached hydrogens (tertiary/aromatic N) is 4. The van der Waals surface area contributed by atoms with Crippen molar-refractivity contribution in [1.29, 1.82) is 0 Å². The Labute approximate surface area is 132 Å². The van der Waals surface area contributed by atoms with Crippen LogP contribution in [0.15, 0.2) is 33.8 Å². The summed E-state index contributed by atoms with van der Waals surface area (Å²) in [6.07, 6.45) is 1.78. The van der Waals surface area contributed by atoms with E-state index in [9.17, 15) is 0 Å². The molecule has 3 aromatic rings. The van der Waals surface area contributed by atoms with Crippen molar-refractivity contribution < 1.29 is 4.42 Å². The number of H-pyrrole nitrogens is 1. The van der Waals surface area contributed by atoms with Crippen LogP contribution in [0.5, 0.6) is 0 Å². The summed E-state index contributed by atoms with van der Waals surface area (Å²) in [6.45, 7) is 4.12. The van der Waals surface area contributed by atoms with Gasteiger partial charge in [0.15, 0.2) is 5.82 Å². The average Bonchev–Trinajstić information content (AvgIpc) is 3.22. The second-order valence-electron chi connectivity index (χ2n) is 4.75. The maximum absolute atomic E-state index is 5.46. The third-order valence-electron chi connectivity index (χ3n) is 3.24. The largest absolute Gasteiger partial charge is 0.424 e. The molecule has 6 nitrogen and oxygen atoms in total. The minimum Gasteiger partial charge on any atom is -0.424 e. The first-order valence-corrected chi connectivity index (χ1v) is 8.22. The van der Waals surface area contributed by atoms with E-state index in [0.717, 1.165) is 24.2 Å². The van der Waals surface area contributed by atoms with Gasteiger partial charge in [0, 0.05) is 12.0 Å². The topological polar surface area (TPSA) is 80.5 Å². The van der Waals surface area contributed by atoms with Gasteiger partial charge < -0.3 is 4.42 Å². The SMILES string of the molecule is CCc1ccc(-c2nc(SCc3nnc(CC)o3)n[nH]2)cc1. The summed E-state index contributed by atoms with van der Waals surface area (Å²) < 4.78 is 5.46. The molecule has 0 bridgehead atoms. The molecule has 0 unspecified atom stereocenters. The molecular weight excluding hydrogens is 298 g/mol. The maximum atomic E-state index is 5.46. The van der Waals surface area contributed by atoms with Gasteiger partial charge in [-0.05, 0) is 12.0 Å². The van der Waals surface area contributed by atoms with Crippen molar-refractivity contribution in [2.45, 2.75) is 37.6 Å². The number of hydrogen-bond acceptors (Lipinski definition) is 6. The smallest absolute Gasteiger partial charge is 0.226 e. The minimum absolute atomic E-state index is 0.569. The van der Waals surface area contributed by atoms with Gasteiger partial charge in [-0.2, -0.15) is 0 Å². The molecule has 0 atom stereocenters. The minimum atomic E-state index is 0.569. The van der Waals surface area contributed by atoms with Crippen molar-refractivity contribution in [3.05, 3.63) is 41.6 Å². The Morgan fingerprint density at radius 2 is 1.82 bits per heavy atom. The Hall–Kier alpha value is -2.15. The summed E-state index contributed by atoms with van der Waals surface area (Å²) in [6, 6.07) is 8.32. The van der Waals surface area contributed by atoms with Crippen molar-refractivity contribution in [3.8, 4) is 11.4 Å². The van der Waals surface area contributed by atoms with E-state index in [2.05, 4.69) is 56.6 Å². The van der Waals surface area contributed by atoms with Crippen molar-refractivity contribution in [3.63, 3.8) is 0 Å². The Balaban J connectivity index is 1.65. The van der Waals surface area contributed by atoms with Gasteiger partial charge in [0.1, 0.15) is 0 Å². The van der Waals surface area contributed by atoms with Crippen LogP contribution in [0.1, 0.15) is 31.2 Å². The third-order valence-corrected chi connectivity index (χ3v) is 4.07. The molecule has 22 heavy (non-hydrogen) atoms. The monoisotopic (exact) mass is 315 g/mol. The van der Waals surface area contributed by atoms with Gasteiger partial charge in [0.05, 0.1) is 5.75 Å². The fraction of sp³-hybridized carbons (Fsp3) is 0.333. The molecule has 0 saturated carbocycles. The van der Waals surface area contributed by atoms with Crippen LogP contribution in [0.3, 0.4) is 0 Å². The van der Waals surface area contributed by atoms with Crippen LogP contribution in [0.2, 0.25) is 0 Å². The van der Waals surface area contributed by atoms with E-state index in [0.29, 0.717) is 22.7 Å². The van der Waals surface area contributed by atoms with E-state index < -0.39 is 0 Å². The molecule has 1 N–H and O–H groups in total. The fourth-order valence-corrected chi connectivity index (χ4v) is 2.59. The number of aromatic nitrogens is 5. The second kappa shape index (κ2) is 6.74. The summed E-state index contributed by atoms with van der Waals surface area (Å²) in [4.78, 5) is 4.48. The lowest BCUT2D eigenvalue weighted by Gasteiger charge is -1.98. The third kappa shape index (κ3) is 3.36. The molecule has 0 aliphatic heterocycles. The number of benzene rings is 1. The van der Waals surface area contributed by atoms with Crippen LogP contribution in [0, 0.1) is 0 Å². The first-order chi connectivity index (χ1) is 10.8. The van der Waals surface area contributed by atoms with Crippen LogP contribution >= 0.6 is 11.8 Å². The molecular formula is C15H17N5OS. The highest BCUT2D eigenvalue weighted by molar-refractivity contribution is 7.98. The van der Waals surface area contributed by atoms with Gasteiger partial charge in [-0.25, -0.2) is 4.98 Å². The van der Waals surface area contributed by atoms with Crippen molar-refractivity contribution in [2.24, 2.45) is 0 Å². The quantitative estimate of drug-likeness (QED) is 0.703. The lowest BCUT2D eigenvalue weighted by Crippen LogP contribution is -1.84. The number of nitrogens with one attached hydrogen (secondary N) is 1. The predicted molar refractivity (Wildman–Crippen MR) is 84.4 cm³/mol. The van der Waals surface area contributed by atoms with E-state index in [1.54, 1.807) is 0 Å². The van der Waals surface area contributed by atoms with Gasteiger partial charge >= 0.3 is 0 Å². The van der Waals surface area contributed by atoms with Gasteiger partial charge in [-0.1, -0.05) is 49.9 Å². The average molecular weight is 315 g/mol. The molecule has 2 heterocycles. The van der Waals surface area contributed by atoms with Gasteiger partial charge in [0.2, 0.25) is 16.9 Å². The van der Waals surface area contributed by atoms with Crippen LogP contribution in [-0.2, 0) is 18.6 Å². The molecule has 0 aliphatic carbocycles. The summed E-state index contributed by atoms with van der Waals surface area (Å²) in [5.41, 5.74) is 2.34. The lowest BCUT2D eigenvalue weighted by atomic mass is 10.1. The fourth-order valence-electron chi connectivity index (χ4n) is 1.95. The Morgan fingerprint density at radius 3 is 2.50 bits per heavy atom. The zero-order valence-electron chi connectivity index (χ0n) is 12.5. The van der Waals surface area contributed by atoms with E-state index in [4.69, 9.17) is 4.42 Å². The number of hydrogen-bond donors (Lipinski definition) is 1. The zero-order valence-corrected chi connectivity index (χ0v) is 13.4. The summed E-state index contributed by atoms with van der Waals surface area (Å²) >= 11 is 1.47. The van der Waals surface area contributed by atoms with Crippen molar-refractivity contribution in [2.75, 3.05) is 0 Å². The molecule has 0 fully saturated rings. The van der Waals surface area contributed by atoms with E-state index in [-0.39, 0.29) is 0 Å². The Kier molecular flexibility index (Phi) is 4.53. The van der Waals surface area contributed by atoms with E-state index in [1.807, 2.05) is 6.92 Å². The van der Waals surface area contributed by atoms with Crippen LogP contribution < -0.4 is 0 Å². The van der Waals surface area contributed by atoms with Crippen LogP contribution in [0.25, 0.3) is 11.4 Å². The molecule has 3 rings (SSSR count). The normalized spacial score (nSPS) is 11.0. The number of thioether (sulfide) groups is 1. The molecule has 1 aromatic carbocycles. The predicted octanol–water partition coefficient (Wildman–Crippen LogP) is 3.27. The van der Waals surface area contributed by atoms with Crippen LogP contribution in [0.4, 0.5) is 0 Å². The second-order valence-corrected chi connectivity index (χ2v) is 5.69. The van der Waals surface area contributed by atoms with Gasteiger partial charge in [0.25, 0.3) is 0 Å². The number of aromatic amines is 1. The molecule has 0 aliphatic rings. The summed E-state index contributed by atoms with van der Waals surface area (Å²) in [5.74, 6) is 2.59. The Bertz CT molecular complexity index is 734. The lowest BCUT2D eigenvalue weighted by molar-refractivity contribution is 0.470. The molecule has 7 heteroatoms. The highest BCUT2D eigenvalue weighted by Gasteiger charge is 2.09. The summed E-state index contributed by atoms with van der Waals surface area (Å²) in [7, 11) is 0. The van der Waals surface area contributed by atoms with Gasteiger partial charge in [-0.15, -0.1) is 15.3 Å². The first-order valence-electron chi connectivity index (χ1n) is 7.24.